The summed E-state index contributed by atoms with van der Waals surface area (Å²) < 4.78 is 29.6. The highest BCUT2D eigenvalue weighted by Gasteiger charge is 2.41. The molecule has 0 unspecified atom stereocenters. The molecule has 0 atom stereocenters. The molecule has 0 saturated heterocycles. The van der Waals surface area contributed by atoms with Gasteiger partial charge in [0.1, 0.15) is 0 Å². The molecule has 1 amide bonds. The SMILES string of the molecule is CC1(n2cc(C(=O)NCCc3cccc4c3CCC4(F)F)c3[nH]ccc3c2=O)CC1. The third-order valence-electron chi connectivity index (χ3n) is 6.56. The number of nitrogens with one attached hydrogen (secondary N) is 2. The first-order chi connectivity index (χ1) is 14.3. The zero-order valence-corrected chi connectivity index (χ0v) is 16.7. The number of benzene rings is 1. The second-order valence-electron chi connectivity index (χ2n) is 8.63. The maximum atomic E-state index is 14.0. The number of fused-ring (bicyclic) bond motifs is 2. The van der Waals surface area contributed by atoms with E-state index in [9.17, 15) is 18.4 Å². The number of carbonyl (C=O) groups is 1. The zero-order chi connectivity index (χ0) is 21.1. The number of aromatic nitrogens is 2. The molecule has 0 bridgehead atoms. The van der Waals surface area contributed by atoms with Crippen LogP contribution in [0.3, 0.4) is 0 Å². The predicted octanol–water partition coefficient (Wildman–Crippen LogP) is 3.85. The van der Waals surface area contributed by atoms with Crippen LogP contribution in [0.4, 0.5) is 8.78 Å². The second kappa shape index (κ2) is 6.52. The van der Waals surface area contributed by atoms with Crippen molar-refractivity contribution in [3.63, 3.8) is 0 Å². The van der Waals surface area contributed by atoms with Crippen LogP contribution in [0.25, 0.3) is 10.9 Å². The van der Waals surface area contributed by atoms with Gasteiger partial charge in [0.2, 0.25) is 0 Å². The highest BCUT2D eigenvalue weighted by atomic mass is 19.3. The van der Waals surface area contributed by atoms with Crippen LogP contribution in [-0.2, 0) is 24.3 Å². The lowest BCUT2D eigenvalue weighted by Gasteiger charge is -2.16. The molecule has 2 N–H and O–H groups in total. The molecule has 2 aliphatic rings. The van der Waals surface area contributed by atoms with Crippen LogP contribution in [0.15, 0.2) is 41.5 Å². The van der Waals surface area contributed by atoms with E-state index in [1.807, 2.05) is 13.0 Å². The van der Waals surface area contributed by atoms with Gasteiger partial charge in [-0.25, -0.2) is 8.78 Å². The minimum atomic E-state index is -2.76. The molecule has 156 valence electrons. The van der Waals surface area contributed by atoms with E-state index in [0.29, 0.717) is 41.4 Å². The summed E-state index contributed by atoms with van der Waals surface area (Å²) in [4.78, 5) is 28.7. The van der Waals surface area contributed by atoms with Crippen LogP contribution in [0, 0.1) is 0 Å². The third kappa shape index (κ3) is 2.95. The van der Waals surface area contributed by atoms with Crippen LogP contribution in [-0.4, -0.2) is 22.0 Å². The van der Waals surface area contributed by atoms with Crippen LogP contribution < -0.4 is 10.9 Å². The Morgan fingerprint density at radius 1 is 1.23 bits per heavy atom. The Balaban J connectivity index is 1.37. The average Bonchev–Trinajstić information content (AvgIpc) is 3.13. The van der Waals surface area contributed by atoms with Gasteiger partial charge in [-0.15, -0.1) is 0 Å². The van der Waals surface area contributed by atoms with Gasteiger partial charge < -0.3 is 14.9 Å². The Hall–Kier alpha value is -2.96. The number of carbonyl (C=O) groups excluding carboxylic acids is 1. The van der Waals surface area contributed by atoms with Crippen molar-refractivity contribution < 1.29 is 13.6 Å². The highest BCUT2D eigenvalue weighted by Crippen LogP contribution is 2.43. The largest absolute Gasteiger partial charge is 0.360 e. The molecule has 2 heterocycles. The second-order valence-corrected chi connectivity index (χ2v) is 8.63. The monoisotopic (exact) mass is 411 g/mol. The van der Waals surface area contributed by atoms with Crippen LogP contribution in [0.5, 0.6) is 0 Å². The van der Waals surface area contributed by atoms with Gasteiger partial charge in [-0.3, -0.25) is 9.59 Å². The number of pyridine rings is 1. The zero-order valence-electron chi connectivity index (χ0n) is 16.7. The summed E-state index contributed by atoms with van der Waals surface area (Å²) in [6.45, 7) is 2.35. The lowest BCUT2D eigenvalue weighted by Crippen LogP contribution is -2.32. The van der Waals surface area contributed by atoms with Crippen LogP contribution >= 0.6 is 0 Å². The number of nitrogens with zero attached hydrogens (tertiary/aromatic N) is 1. The van der Waals surface area contributed by atoms with E-state index < -0.39 is 5.92 Å². The summed E-state index contributed by atoms with van der Waals surface area (Å²) in [6.07, 6.45) is 5.81. The van der Waals surface area contributed by atoms with E-state index in [-0.39, 0.29) is 29.0 Å². The van der Waals surface area contributed by atoms with Crippen molar-refractivity contribution in [3.8, 4) is 0 Å². The van der Waals surface area contributed by atoms with E-state index in [4.69, 9.17) is 0 Å². The summed E-state index contributed by atoms with van der Waals surface area (Å²) in [5, 5.41) is 3.40. The summed E-state index contributed by atoms with van der Waals surface area (Å²) in [5.41, 5.74) is 2.30. The van der Waals surface area contributed by atoms with Gasteiger partial charge in [0.15, 0.2) is 0 Å². The van der Waals surface area contributed by atoms with Crippen molar-refractivity contribution in [2.45, 2.75) is 50.5 Å². The van der Waals surface area contributed by atoms with E-state index in [2.05, 4.69) is 10.3 Å². The normalized spacial score (nSPS) is 18.4. The Labute approximate surface area is 172 Å². The number of alkyl halides is 2. The molecule has 5 nitrogen and oxygen atoms in total. The van der Waals surface area contributed by atoms with Gasteiger partial charge in [0.05, 0.1) is 16.5 Å². The number of aromatic amines is 1. The van der Waals surface area contributed by atoms with Gasteiger partial charge >= 0.3 is 0 Å². The quantitative estimate of drug-likeness (QED) is 0.670. The molecule has 7 heteroatoms. The molecule has 0 spiro atoms. The molecule has 2 aromatic heterocycles. The Kier molecular flexibility index (Phi) is 4.14. The minimum Gasteiger partial charge on any atom is -0.360 e. The fourth-order valence-corrected chi connectivity index (χ4v) is 4.48. The fraction of sp³-hybridized carbons (Fsp3) is 0.391. The summed E-state index contributed by atoms with van der Waals surface area (Å²) >= 11 is 0. The minimum absolute atomic E-state index is 0.0939. The average molecular weight is 411 g/mol. The number of H-pyrrole nitrogens is 1. The molecule has 3 aromatic rings. The first kappa shape index (κ1) is 19.0. The van der Waals surface area contributed by atoms with Crippen LogP contribution in [0.1, 0.15) is 53.2 Å². The van der Waals surface area contributed by atoms with Gasteiger partial charge in [-0.1, -0.05) is 18.2 Å². The van der Waals surface area contributed by atoms with Crippen molar-refractivity contribution in [3.05, 3.63) is 69.3 Å². The number of amides is 1. The molecule has 2 aliphatic carbocycles. The van der Waals surface area contributed by atoms with E-state index in [1.165, 1.54) is 6.07 Å². The first-order valence-electron chi connectivity index (χ1n) is 10.3. The summed E-state index contributed by atoms with van der Waals surface area (Å²) in [5.74, 6) is -3.04. The molecule has 0 radical (unpaired) electrons. The first-order valence-corrected chi connectivity index (χ1v) is 10.3. The lowest BCUT2D eigenvalue weighted by molar-refractivity contribution is -0.00185. The van der Waals surface area contributed by atoms with E-state index >= 15 is 0 Å². The number of hydrogen-bond donors (Lipinski definition) is 2. The molecular formula is C23H23F2N3O2. The smallest absolute Gasteiger partial charge is 0.273 e. The molecular weight excluding hydrogens is 388 g/mol. The van der Waals surface area contributed by atoms with Gasteiger partial charge in [-0.05, 0) is 49.8 Å². The summed E-state index contributed by atoms with van der Waals surface area (Å²) in [7, 11) is 0. The lowest BCUT2D eigenvalue weighted by atomic mass is 10.0. The molecule has 1 fully saturated rings. The highest BCUT2D eigenvalue weighted by molar-refractivity contribution is 6.05. The molecule has 30 heavy (non-hydrogen) atoms. The fourth-order valence-electron chi connectivity index (χ4n) is 4.48. The van der Waals surface area contributed by atoms with Gasteiger partial charge in [-0.2, -0.15) is 0 Å². The van der Waals surface area contributed by atoms with Crippen molar-refractivity contribution in [2.24, 2.45) is 0 Å². The Bertz CT molecular complexity index is 1220. The standard InChI is InChI=1S/C23H23F2N3O2/c1-22(9-10-22)28-13-17(19-16(21(28)30)7-12-26-19)20(29)27-11-6-14-3-2-4-18-15(14)5-8-23(18,24)25/h2-4,7,12-13,26H,5-6,8-11H2,1H3,(H,27,29). The molecule has 1 saturated carbocycles. The Morgan fingerprint density at radius 3 is 2.80 bits per heavy atom. The number of hydrogen-bond acceptors (Lipinski definition) is 2. The van der Waals surface area contributed by atoms with Gasteiger partial charge in [0.25, 0.3) is 17.4 Å². The number of halogens is 2. The van der Waals surface area contributed by atoms with Gasteiger partial charge in [0, 0.05) is 36.5 Å². The van der Waals surface area contributed by atoms with Crippen molar-refractivity contribution in [2.75, 3.05) is 6.54 Å². The maximum absolute atomic E-state index is 14.0. The summed E-state index contributed by atoms with van der Waals surface area (Å²) in [6, 6.07) is 6.70. The third-order valence-corrected chi connectivity index (χ3v) is 6.56. The topological polar surface area (TPSA) is 66.9 Å². The predicted molar refractivity (Wildman–Crippen MR) is 110 cm³/mol. The molecule has 0 aliphatic heterocycles. The van der Waals surface area contributed by atoms with Crippen molar-refractivity contribution in [1.29, 1.82) is 0 Å². The molecule has 1 aromatic carbocycles. The number of rotatable bonds is 5. The van der Waals surface area contributed by atoms with Crippen LogP contribution in [0.2, 0.25) is 0 Å². The Morgan fingerprint density at radius 2 is 2.03 bits per heavy atom. The van der Waals surface area contributed by atoms with Crippen molar-refractivity contribution in [1.82, 2.24) is 14.9 Å². The molecule has 5 rings (SSSR count). The maximum Gasteiger partial charge on any atom is 0.273 e. The van der Waals surface area contributed by atoms with Crippen molar-refractivity contribution >= 4 is 16.8 Å². The van der Waals surface area contributed by atoms with E-state index in [0.717, 1.165) is 18.4 Å². The van der Waals surface area contributed by atoms with E-state index in [1.54, 1.807) is 29.1 Å².